The molecule has 1 aromatic heterocycles. The van der Waals surface area contributed by atoms with Crippen molar-refractivity contribution in [3.05, 3.63) is 78.4 Å². The molecule has 0 bridgehead atoms. The summed E-state index contributed by atoms with van der Waals surface area (Å²) in [6, 6.07) is 15.5. The highest BCUT2D eigenvalue weighted by Gasteiger charge is 2.49. The fourth-order valence-electron chi connectivity index (χ4n) is 4.58. The molecule has 2 aromatic carbocycles. The topological polar surface area (TPSA) is 67.6 Å². The molecule has 3 heterocycles. The first kappa shape index (κ1) is 17.9. The molecule has 2 unspecified atom stereocenters. The minimum absolute atomic E-state index is 0.00337. The van der Waals surface area contributed by atoms with Gasteiger partial charge in [-0.05, 0) is 42.3 Å². The molecule has 0 aliphatic carbocycles. The number of amides is 1. The van der Waals surface area contributed by atoms with Gasteiger partial charge in [0, 0.05) is 48.1 Å². The average Bonchev–Trinajstić information content (AvgIpc) is 3.39. The number of ether oxygens (including phenoxy) is 1. The fraction of sp³-hybridized carbons (Fsp3) is 0.304. The second-order valence-electron chi connectivity index (χ2n) is 8.02. The molecule has 0 radical (unpaired) electrons. The Morgan fingerprint density at radius 1 is 1.21 bits per heavy atom. The number of aliphatic hydroxyl groups excluding tert-OH is 1. The molecule has 5 rings (SSSR count). The molecule has 1 N–H and O–H groups in total. The maximum atomic E-state index is 13.2. The normalized spacial score (nSPS) is 23.1. The zero-order valence-corrected chi connectivity index (χ0v) is 16.1. The predicted octanol–water partition coefficient (Wildman–Crippen LogP) is 2.56. The molecular formula is C23H23N3O3. The zero-order chi connectivity index (χ0) is 19.8. The summed E-state index contributed by atoms with van der Waals surface area (Å²) < 4.78 is 7.92. The van der Waals surface area contributed by atoms with Crippen LogP contribution >= 0.6 is 0 Å². The summed E-state index contributed by atoms with van der Waals surface area (Å²) in [5.74, 6) is 0.994. The van der Waals surface area contributed by atoms with Crippen LogP contribution in [0.3, 0.4) is 0 Å². The van der Waals surface area contributed by atoms with Crippen LogP contribution in [0.15, 0.2) is 67.3 Å². The monoisotopic (exact) mass is 389 g/mol. The molecular weight excluding hydrogens is 366 g/mol. The van der Waals surface area contributed by atoms with Gasteiger partial charge < -0.3 is 19.3 Å². The van der Waals surface area contributed by atoms with Crippen LogP contribution in [-0.2, 0) is 6.42 Å². The van der Waals surface area contributed by atoms with Crippen molar-refractivity contribution in [1.82, 2.24) is 14.5 Å². The van der Waals surface area contributed by atoms with Crippen molar-refractivity contribution in [3.63, 3.8) is 0 Å². The van der Waals surface area contributed by atoms with Gasteiger partial charge in [0.25, 0.3) is 5.91 Å². The number of hydrogen-bond donors (Lipinski definition) is 1. The number of carbonyl (C=O) groups is 1. The lowest BCUT2D eigenvalue weighted by atomic mass is 9.75. The Balaban J connectivity index is 1.37. The molecule has 0 saturated carbocycles. The van der Waals surface area contributed by atoms with E-state index in [1.165, 1.54) is 0 Å². The number of hydrogen-bond acceptors (Lipinski definition) is 4. The average molecular weight is 389 g/mol. The first-order valence-electron chi connectivity index (χ1n) is 9.88. The van der Waals surface area contributed by atoms with E-state index in [1.54, 1.807) is 12.5 Å². The molecule has 1 saturated heterocycles. The van der Waals surface area contributed by atoms with Gasteiger partial charge in [-0.15, -0.1) is 0 Å². The van der Waals surface area contributed by atoms with E-state index in [0.717, 1.165) is 17.0 Å². The van der Waals surface area contributed by atoms with Crippen LogP contribution in [0.2, 0.25) is 0 Å². The summed E-state index contributed by atoms with van der Waals surface area (Å²) in [4.78, 5) is 19.1. The standard InChI is InChI=1S/C23H23N3O3/c27-15-23-11-18-3-1-2-4-21(18)29-13-19(23)12-26(14-23)22(28)17-5-7-20(8-6-17)25-10-9-24-16-25/h1-10,16,19,27H,11-15H2. The highest BCUT2D eigenvalue weighted by molar-refractivity contribution is 5.94. The number of rotatable bonds is 3. The summed E-state index contributed by atoms with van der Waals surface area (Å²) in [5, 5.41) is 10.3. The van der Waals surface area contributed by atoms with Gasteiger partial charge in [0.2, 0.25) is 0 Å². The quantitative estimate of drug-likeness (QED) is 0.748. The number of benzene rings is 2. The van der Waals surface area contributed by atoms with Gasteiger partial charge in [0.05, 0.1) is 19.5 Å². The summed E-state index contributed by atoms with van der Waals surface area (Å²) in [7, 11) is 0. The van der Waals surface area contributed by atoms with E-state index >= 15 is 0 Å². The number of aromatic nitrogens is 2. The first-order chi connectivity index (χ1) is 14.2. The minimum Gasteiger partial charge on any atom is -0.493 e. The van der Waals surface area contributed by atoms with Gasteiger partial charge >= 0.3 is 0 Å². The molecule has 1 fully saturated rings. The van der Waals surface area contributed by atoms with Crippen molar-refractivity contribution in [2.45, 2.75) is 6.42 Å². The Morgan fingerprint density at radius 3 is 2.79 bits per heavy atom. The molecule has 2 atom stereocenters. The fourth-order valence-corrected chi connectivity index (χ4v) is 4.58. The molecule has 2 aliphatic rings. The molecule has 2 aliphatic heterocycles. The Labute approximate surface area is 169 Å². The second-order valence-corrected chi connectivity index (χ2v) is 8.02. The molecule has 6 heteroatoms. The van der Waals surface area contributed by atoms with Crippen LogP contribution in [0.5, 0.6) is 5.75 Å². The van der Waals surface area contributed by atoms with Gasteiger partial charge in [0.1, 0.15) is 5.75 Å². The van der Waals surface area contributed by atoms with E-state index in [1.807, 2.05) is 58.1 Å². The number of nitrogens with zero attached hydrogens (tertiary/aromatic N) is 3. The minimum atomic E-state index is -0.362. The van der Waals surface area contributed by atoms with Crippen LogP contribution in [0, 0.1) is 11.3 Å². The van der Waals surface area contributed by atoms with E-state index in [-0.39, 0.29) is 23.8 Å². The summed E-state index contributed by atoms with van der Waals surface area (Å²) in [6.45, 7) is 1.68. The third-order valence-corrected chi connectivity index (χ3v) is 6.29. The van der Waals surface area contributed by atoms with Crippen LogP contribution in [0.1, 0.15) is 15.9 Å². The third kappa shape index (κ3) is 3.09. The number of imidazole rings is 1. The molecule has 1 amide bonds. The SMILES string of the molecule is O=C(c1ccc(-n2ccnc2)cc1)N1CC2COc3ccccc3CC2(CO)C1. The van der Waals surface area contributed by atoms with Gasteiger partial charge in [-0.3, -0.25) is 4.79 Å². The zero-order valence-electron chi connectivity index (χ0n) is 16.1. The smallest absolute Gasteiger partial charge is 0.253 e. The first-order valence-corrected chi connectivity index (χ1v) is 9.88. The Morgan fingerprint density at radius 2 is 2.03 bits per heavy atom. The van der Waals surface area contributed by atoms with Crippen molar-refractivity contribution >= 4 is 5.91 Å². The van der Waals surface area contributed by atoms with Crippen molar-refractivity contribution in [3.8, 4) is 11.4 Å². The highest BCUT2D eigenvalue weighted by Crippen LogP contribution is 2.43. The van der Waals surface area contributed by atoms with Crippen molar-refractivity contribution in [2.24, 2.45) is 11.3 Å². The summed E-state index contributed by atoms with van der Waals surface area (Å²) in [5.41, 5.74) is 2.35. The Kier molecular flexibility index (Phi) is 4.36. The van der Waals surface area contributed by atoms with Crippen molar-refractivity contribution < 1.29 is 14.6 Å². The van der Waals surface area contributed by atoms with E-state index in [2.05, 4.69) is 11.1 Å². The third-order valence-electron chi connectivity index (χ3n) is 6.29. The highest BCUT2D eigenvalue weighted by atomic mass is 16.5. The van der Waals surface area contributed by atoms with E-state index in [9.17, 15) is 9.90 Å². The predicted molar refractivity (Wildman–Crippen MR) is 108 cm³/mol. The van der Waals surface area contributed by atoms with Crippen molar-refractivity contribution in [1.29, 1.82) is 0 Å². The van der Waals surface area contributed by atoms with Gasteiger partial charge in [-0.1, -0.05) is 18.2 Å². The largest absolute Gasteiger partial charge is 0.493 e. The Hall–Kier alpha value is -3.12. The van der Waals surface area contributed by atoms with Gasteiger partial charge in [-0.2, -0.15) is 0 Å². The van der Waals surface area contributed by atoms with Crippen LogP contribution < -0.4 is 4.74 Å². The lowest BCUT2D eigenvalue weighted by Crippen LogP contribution is -2.38. The van der Waals surface area contributed by atoms with Crippen LogP contribution in [0.25, 0.3) is 5.69 Å². The molecule has 148 valence electrons. The molecule has 3 aromatic rings. The molecule has 0 spiro atoms. The maximum Gasteiger partial charge on any atom is 0.253 e. The van der Waals surface area contributed by atoms with E-state index in [0.29, 0.717) is 31.7 Å². The van der Waals surface area contributed by atoms with Crippen LogP contribution in [0.4, 0.5) is 0 Å². The van der Waals surface area contributed by atoms with E-state index in [4.69, 9.17) is 4.74 Å². The van der Waals surface area contributed by atoms with Gasteiger partial charge in [0.15, 0.2) is 0 Å². The summed E-state index contributed by atoms with van der Waals surface area (Å²) in [6.07, 6.45) is 6.04. The Bertz CT molecular complexity index is 1020. The number of aliphatic hydroxyl groups is 1. The lowest BCUT2D eigenvalue weighted by Gasteiger charge is -2.30. The number of para-hydroxylation sites is 1. The lowest BCUT2D eigenvalue weighted by molar-refractivity contribution is 0.0694. The second kappa shape index (κ2) is 7.04. The summed E-state index contributed by atoms with van der Waals surface area (Å²) >= 11 is 0. The maximum absolute atomic E-state index is 13.2. The molecule has 6 nitrogen and oxygen atoms in total. The number of carbonyl (C=O) groups excluding carboxylic acids is 1. The van der Waals surface area contributed by atoms with E-state index < -0.39 is 0 Å². The van der Waals surface area contributed by atoms with Gasteiger partial charge in [-0.25, -0.2) is 4.98 Å². The number of likely N-dealkylation sites (tertiary alicyclic amines) is 1. The number of fused-ring (bicyclic) bond motifs is 2. The molecule has 29 heavy (non-hydrogen) atoms. The van der Waals surface area contributed by atoms with Crippen molar-refractivity contribution in [2.75, 3.05) is 26.3 Å². The van der Waals surface area contributed by atoms with Crippen LogP contribution in [-0.4, -0.2) is 51.8 Å².